The van der Waals surface area contributed by atoms with Crippen molar-refractivity contribution in [1.29, 1.82) is 5.26 Å². The molecule has 0 radical (unpaired) electrons. The molecule has 0 aromatic carbocycles. The molecule has 0 spiro atoms. The van der Waals surface area contributed by atoms with Crippen molar-refractivity contribution < 1.29 is 5.11 Å². The van der Waals surface area contributed by atoms with Gasteiger partial charge in [0.15, 0.2) is 0 Å². The van der Waals surface area contributed by atoms with E-state index < -0.39 is 11.7 Å². The molecule has 1 heterocycles. The predicted molar refractivity (Wildman–Crippen MR) is 50.5 cm³/mol. The molecule has 0 saturated heterocycles. The van der Waals surface area contributed by atoms with Crippen LogP contribution in [0.3, 0.4) is 0 Å². The van der Waals surface area contributed by atoms with Gasteiger partial charge in [-0.2, -0.15) is 5.26 Å². The highest BCUT2D eigenvalue weighted by molar-refractivity contribution is 5.24. The summed E-state index contributed by atoms with van der Waals surface area (Å²) in [4.78, 5) is 11.4. The van der Waals surface area contributed by atoms with Crippen LogP contribution in [-0.2, 0) is 6.54 Å². The van der Waals surface area contributed by atoms with Gasteiger partial charge >= 0.3 is 0 Å². The topological polar surface area (TPSA) is 92.0 Å². The van der Waals surface area contributed by atoms with Crippen molar-refractivity contribution in [2.24, 2.45) is 5.73 Å². The molecular formula is C9H11N3O2. The van der Waals surface area contributed by atoms with Gasteiger partial charge in [0.2, 0.25) is 0 Å². The summed E-state index contributed by atoms with van der Waals surface area (Å²) < 4.78 is 1.27. The Morgan fingerprint density at radius 3 is 3.00 bits per heavy atom. The minimum atomic E-state index is -0.762. The Morgan fingerprint density at radius 1 is 1.71 bits per heavy atom. The molecule has 1 atom stereocenters. The number of aliphatic hydroxyl groups excluding tert-OH is 1. The van der Waals surface area contributed by atoms with Crippen LogP contribution in [0, 0.1) is 11.3 Å². The smallest absolute Gasteiger partial charge is 0.268 e. The van der Waals surface area contributed by atoms with E-state index in [1.165, 1.54) is 16.8 Å². The second-order valence-electron chi connectivity index (χ2n) is 2.88. The van der Waals surface area contributed by atoms with Gasteiger partial charge in [0.05, 0.1) is 12.6 Å². The fourth-order valence-electron chi connectivity index (χ4n) is 1.07. The molecule has 1 unspecified atom stereocenters. The van der Waals surface area contributed by atoms with Gasteiger partial charge in [-0.3, -0.25) is 4.79 Å². The molecule has 5 heteroatoms. The van der Waals surface area contributed by atoms with E-state index in [9.17, 15) is 9.90 Å². The Labute approximate surface area is 81.0 Å². The lowest BCUT2D eigenvalue weighted by atomic mass is 10.3. The average molecular weight is 193 g/mol. The zero-order chi connectivity index (χ0) is 10.6. The summed E-state index contributed by atoms with van der Waals surface area (Å²) in [6, 6.07) is 4.81. The summed E-state index contributed by atoms with van der Waals surface area (Å²) >= 11 is 0. The quantitative estimate of drug-likeness (QED) is 0.646. The second kappa shape index (κ2) is 4.56. The van der Waals surface area contributed by atoms with E-state index in [-0.39, 0.29) is 18.7 Å². The summed E-state index contributed by atoms with van der Waals surface area (Å²) in [5.74, 6) is 0. The summed E-state index contributed by atoms with van der Waals surface area (Å²) in [5.41, 5.74) is 4.88. The van der Waals surface area contributed by atoms with Crippen LogP contribution in [0.5, 0.6) is 0 Å². The lowest BCUT2D eigenvalue weighted by Gasteiger charge is -2.09. The standard InChI is InChI=1S/C9H11N3O2/c10-4-7-2-1-3-12(9(7)14)6-8(13)5-11/h1-3,8,13H,5-6,11H2. The molecule has 0 aliphatic heterocycles. The molecule has 0 fully saturated rings. The van der Waals surface area contributed by atoms with Crippen LogP contribution in [0.4, 0.5) is 0 Å². The predicted octanol–water partition coefficient (Wildman–Crippen LogP) is -0.960. The molecular weight excluding hydrogens is 182 g/mol. The van der Waals surface area contributed by atoms with E-state index in [0.717, 1.165) is 0 Å². The Morgan fingerprint density at radius 2 is 2.43 bits per heavy atom. The van der Waals surface area contributed by atoms with Crippen LogP contribution >= 0.6 is 0 Å². The third-order valence-corrected chi connectivity index (χ3v) is 1.82. The highest BCUT2D eigenvalue weighted by Gasteiger charge is 2.06. The molecule has 1 rings (SSSR count). The summed E-state index contributed by atoms with van der Waals surface area (Å²) in [6.07, 6.45) is 0.754. The number of aliphatic hydroxyl groups is 1. The fourth-order valence-corrected chi connectivity index (χ4v) is 1.07. The summed E-state index contributed by atoms with van der Waals surface area (Å²) in [7, 11) is 0. The first-order valence-corrected chi connectivity index (χ1v) is 4.16. The van der Waals surface area contributed by atoms with E-state index >= 15 is 0 Å². The monoisotopic (exact) mass is 193 g/mol. The van der Waals surface area contributed by atoms with Crippen molar-refractivity contribution in [2.75, 3.05) is 6.54 Å². The van der Waals surface area contributed by atoms with Gasteiger partial charge in [0, 0.05) is 12.7 Å². The van der Waals surface area contributed by atoms with Crippen LogP contribution in [-0.4, -0.2) is 22.3 Å². The first-order valence-electron chi connectivity index (χ1n) is 4.16. The van der Waals surface area contributed by atoms with Crippen molar-refractivity contribution >= 4 is 0 Å². The van der Waals surface area contributed by atoms with E-state index in [0.29, 0.717) is 0 Å². The zero-order valence-electron chi connectivity index (χ0n) is 7.55. The molecule has 0 saturated carbocycles. The third-order valence-electron chi connectivity index (χ3n) is 1.82. The van der Waals surface area contributed by atoms with Crippen LogP contribution in [0.1, 0.15) is 5.56 Å². The number of rotatable bonds is 3. The molecule has 1 aromatic rings. The van der Waals surface area contributed by atoms with Gasteiger partial charge in [-0.1, -0.05) is 0 Å². The van der Waals surface area contributed by atoms with Crippen molar-refractivity contribution in [3.05, 3.63) is 34.2 Å². The van der Waals surface area contributed by atoms with Crippen molar-refractivity contribution in [3.8, 4) is 6.07 Å². The fraction of sp³-hybridized carbons (Fsp3) is 0.333. The molecule has 0 bridgehead atoms. The average Bonchev–Trinajstić information content (AvgIpc) is 2.21. The van der Waals surface area contributed by atoms with Crippen LogP contribution in [0.25, 0.3) is 0 Å². The maximum Gasteiger partial charge on any atom is 0.268 e. The van der Waals surface area contributed by atoms with Crippen LogP contribution in [0.2, 0.25) is 0 Å². The Balaban J connectivity index is 3.00. The largest absolute Gasteiger partial charge is 0.390 e. The number of aromatic nitrogens is 1. The lowest BCUT2D eigenvalue weighted by molar-refractivity contribution is 0.160. The van der Waals surface area contributed by atoms with Crippen molar-refractivity contribution in [3.63, 3.8) is 0 Å². The lowest BCUT2D eigenvalue weighted by Crippen LogP contribution is -2.31. The van der Waals surface area contributed by atoms with Crippen LogP contribution in [0.15, 0.2) is 23.1 Å². The first-order chi connectivity index (χ1) is 6.69. The van der Waals surface area contributed by atoms with Gasteiger partial charge < -0.3 is 15.4 Å². The zero-order valence-corrected chi connectivity index (χ0v) is 7.55. The Hall–Kier alpha value is -1.64. The van der Waals surface area contributed by atoms with Gasteiger partial charge in [-0.25, -0.2) is 0 Å². The van der Waals surface area contributed by atoms with E-state index in [1.807, 2.05) is 0 Å². The normalized spacial score (nSPS) is 12.1. The SMILES string of the molecule is N#Cc1cccn(CC(O)CN)c1=O. The molecule has 0 aliphatic carbocycles. The van der Waals surface area contributed by atoms with Crippen molar-refractivity contribution in [1.82, 2.24) is 4.57 Å². The Bertz CT molecular complexity index is 405. The number of nitrogens with two attached hydrogens (primary N) is 1. The number of hydrogen-bond acceptors (Lipinski definition) is 4. The summed E-state index contributed by atoms with van der Waals surface area (Å²) in [5, 5.41) is 17.8. The minimum Gasteiger partial charge on any atom is -0.390 e. The third kappa shape index (κ3) is 2.19. The van der Waals surface area contributed by atoms with E-state index in [2.05, 4.69) is 0 Å². The van der Waals surface area contributed by atoms with Gasteiger partial charge in [0.1, 0.15) is 11.6 Å². The number of pyridine rings is 1. The van der Waals surface area contributed by atoms with Gasteiger partial charge in [-0.05, 0) is 12.1 Å². The minimum absolute atomic E-state index is 0.0664. The van der Waals surface area contributed by atoms with E-state index in [1.54, 1.807) is 12.1 Å². The van der Waals surface area contributed by atoms with Crippen molar-refractivity contribution in [2.45, 2.75) is 12.6 Å². The number of nitrogens with zero attached hydrogens (tertiary/aromatic N) is 2. The first kappa shape index (κ1) is 10.4. The van der Waals surface area contributed by atoms with E-state index in [4.69, 9.17) is 11.0 Å². The molecule has 14 heavy (non-hydrogen) atoms. The molecule has 5 nitrogen and oxygen atoms in total. The van der Waals surface area contributed by atoms with Gasteiger partial charge in [-0.15, -0.1) is 0 Å². The number of hydrogen-bond donors (Lipinski definition) is 2. The van der Waals surface area contributed by atoms with Gasteiger partial charge in [0.25, 0.3) is 5.56 Å². The highest BCUT2D eigenvalue weighted by Crippen LogP contribution is 1.91. The second-order valence-corrected chi connectivity index (χ2v) is 2.88. The molecule has 0 amide bonds. The molecule has 1 aromatic heterocycles. The molecule has 0 aliphatic rings. The van der Waals surface area contributed by atoms with Crippen LogP contribution < -0.4 is 11.3 Å². The number of nitriles is 1. The molecule has 3 N–H and O–H groups in total. The maximum atomic E-state index is 11.4. The maximum absolute atomic E-state index is 11.4. The highest BCUT2D eigenvalue weighted by atomic mass is 16.3. The summed E-state index contributed by atoms with van der Waals surface area (Å²) in [6.45, 7) is 0.202. The molecule has 74 valence electrons. The Kier molecular flexibility index (Phi) is 3.40.